The Hall–Kier alpha value is -6.84. The van der Waals surface area contributed by atoms with Gasteiger partial charge < -0.3 is 13.6 Å². The Labute approximate surface area is 293 Å². The maximum absolute atomic E-state index is 6.14. The maximum Gasteiger partial charge on any atom is 0.135 e. The molecule has 3 nitrogen and oxygen atoms in total. The van der Waals surface area contributed by atoms with E-state index in [1.807, 2.05) is 12.1 Å². The van der Waals surface area contributed by atoms with Gasteiger partial charge in [0.05, 0.1) is 22.1 Å². The van der Waals surface area contributed by atoms with Gasteiger partial charge in [-0.05, 0) is 82.9 Å². The van der Waals surface area contributed by atoms with E-state index in [-0.39, 0.29) is 0 Å². The van der Waals surface area contributed by atoms with Crippen molar-refractivity contribution in [1.82, 2.24) is 9.13 Å². The average molecular weight is 651 g/mol. The van der Waals surface area contributed by atoms with Gasteiger partial charge in [0.2, 0.25) is 0 Å². The Morgan fingerprint density at radius 3 is 1.78 bits per heavy atom. The molecular formula is C48H30N2O. The van der Waals surface area contributed by atoms with Gasteiger partial charge in [-0.25, -0.2) is 0 Å². The lowest BCUT2D eigenvalue weighted by Gasteiger charge is -2.12. The molecule has 0 N–H and O–H groups in total. The SMILES string of the molecule is c1ccc(-c2ccc(-n3c4ccccc4c4ccc5c(c6ccccc6n5-c5cccc(-c6ccc7oc8ccccc8c7c6)c5)c43)cc2)cc1. The molecule has 0 spiro atoms. The lowest BCUT2D eigenvalue weighted by atomic mass is 10.0. The highest BCUT2D eigenvalue weighted by atomic mass is 16.3. The lowest BCUT2D eigenvalue weighted by molar-refractivity contribution is 0.669. The second-order valence-corrected chi connectivity index (χ2v) is 13.3. The van der Waals surface area contributed by atoms with Gasteiger partial charge >= 0.3 is 0 Å². The largest absolute Gasteiger partial charge is 0.456 e. The van der Waals surface area contributed by atoms with E-state index in [0.29, 0.717) is 0 Å². The smallest absolute Gasteiger partial charge is 0.135 e. The Balaban J connectivity index is 1.15. The first-order valence-electron chi connectivity index (χ1n) is 17.4. The van der Waals surface area contributed by atoms with Gasteiger partial charge in [0, 0.05) is 43.7 Å². The minimum absolute atomic E-state index is 0.910. The summed E-state index contributed by atoms with van der Waals surface area (Å²) < 4.78 is 11.0. The number of nitrogens with zero attached hydrogens (tertiary/aromatic N) is 2. The average Bonchev–Trinajstić information content (AvgIpc) is 3.86. The van der Waals surface area contributed by atoms with Crippen molar-refractivity contribution in [2.45, 2.75) is 0 Å². The molecular weight excluding hydrogens is 621 g/mol. The molecule has 0 atom stereocenters. The second-order valence-electron chi connectivity index (χ2n) is 13.3. The number of para-hydroxylation sites is 3. The first-order chi connectivity index (χ1) is 25.3. The number of furan rings is 1. The molecule has 0 amide bonds. The molecule has 0 fully saturated rings. The van der Waals surface area contributed by atoms with Crippen molar-refractivity contribution >= 4 is 65.6 Å². The van der Waals surface area contributed by atoms with Crippen LogP contribution in [-0.2, 0) is 0 Å². The van der Waals surface area contributed by atoms with Crippen molar-refractivity contribution in [3.63, 3.8) is 0 Å². The fourth-order valence-electron chi connectivity index (χ4n) is 8.22. The molecule has 0 saturated heterocycles. The highest BCUT2D eigenvalue weighted by Crippen LogP contribution is 2.42. The summed E-state index contributed by atoms with van der Waals surface area (Å²) in [6, 6.07) is 65.5. The molecule has 3 heteroatoms. The maximum atomic E-state index is 6.14. The molecule has 0 saturated carbocycles. The van der Waals surface area contributed by atoms with E-state index in [1.165, 1.54) is 60.3 Å². The molecule has 0 aliphatic carbocycles. The van der Waals surface area contributed by atoms with E-state index in [4.69, 9.17) is 4.42 Å². The van der Waals surface area contributed by atoms with E-state index in [1.54, 1.807) is 0 Å². The molecule has 11 aromatic rings. The van der Waals surface area contributed by atoms with Gasteiger partial charge in [0.25, 0.3) is 0 Å². The quantitative estimate of drug-likeness (QED) is 0.186. The molecule has 0 aliphatic rings. The predicted molar refractivity (Wildman–Crippen MR) is 213 cm³/mol. The third kappa shape index (κ3) is 4.19. The van der Waals surface area contributed by atoms with Gasteiger partial charge in [-0.15, -0.1) is 0 Å². The van der Waals surface area contributed by atoms with Crippen LogP contribution in [0.1, 0.15) is 0 Å². The molecule has 238 valence electrons. The minimum atomic E-state index is 0.910. The van der Waals surface area contributed by atoms with Crippen LogP contribution >= 0.6 is 0 Å². The zero-order valence-electron chi connectivity index (χ0n) is 27.6. The van der Waals surface area contributed by atoms with E-state index in [0.717, 1.165) is 38.9 Å². The number of rotatable bonds is 4. The molecule has 0 unspecified atom stereocenters. The summed E-state index contributed by atoms with van der Waals surface area (Å²) in [5, 5.41) is 7.27. The zero-order valence-corrected chi connectivity index (χ0v) is 27.6. The van der Waals surface area contributed by atoms with Crippen LogP contribution in [0, 0.1) is 0 Å². The van der Waals surface area contributed by atoms with Gasteiger partial charge in [0.1, 0.15) is 11.2 Å². The molecule has 51 heavy (non-hydrogen) atoms. The summed E-state index contributed by atoms with van der Waals surface area (Å²) in [6.45, 7) is 0. The van der Waals surface area contributed by atoms with E-state index in [9.17, 15) is 0 Å². The topological polar surface area (TPSA) is 23.0 Å². The summed E-state index contributed by atoms with van der Waals surface area (Å²) >= 11 is 0. The van der Waals surface area contributed by atoms with Crippen LogP contribution in [0.2, 0.25) is 0 Å². The molecule has 0 aliphatic heterocycles. The first-order valence-corrected chi connectivity index (χ1v) is 17.4. The van der Waals surface area contributed by atoms with Crippen LogP contribution in [0.3, 0.4) is 0 Å². The van der Waals surface area contributed by atoms with E-state index in [2.05, 4.69) is 179 Å². The zero-order chi connectivity index (χ0) is 33.5. The molecule has 3 heterocycles. The summed E-state index contributed by atoms with van der Waals surface area (Å²) in [7, 11) is 0. The van der Waals surface area contributed by atoms with Gasteiger partial charge in [0.15, 0.2) is 0 Å². The van der Waals surface area contributed by atoms with Crippen LogP contribution in [-0.4, -0.2) is 9.13 Å². The number of hydrogen-bond acceptors (Lipinski definition) is 1. The number of aromatic nitrogens is 2. The Kier molecular flexibility index (Phi) is 5.96. The Morgan fingerprint density at radius 1 is 0.314 bits per heavy atom. The fraction of sp³-hybridized carbons (Fsp3) is 0. The highest BCUT2D eigenvalue weighted by Gasteiger charge is 2.21. The van der Waals surface area contributed by atoms with Gasteiger partial charge in [-0.2, -0.15) is 0 Å². The van der Waals surface area contributed by atoms with Crippen LogP contribution in [0.15, 0.2) is 186 Å². The van der Waals surface area contributed by atoms with Crippen molar-refractivity contribution in [2.75, 3.05) is 0 Å². The van der Waals surface area contributed by atoms with Gasteiger partial charge in [-0.3, -0.25) is 0 Å². The lowest BCUT2D eigenvalue weighted by Crippen LogP contribution is -1.96. The van der Waals surface area contributed by atoms with Crippen LogP contribution in [0.25, 0.3) is 99.2 Å². The monoisotopic (exact) mass is 650 g/mol. The summed E-state index contributed by atoms with van der Waals surface area (Å²) in [5.41, 5.74) is 13.7. The third-order valence-corrected chi connectivity index (χ3v) is 10.5. The Morgan fingerprint density at radius 2 is 0.941 bits per heavy atom. The van der Waals surface area contributed by atoms with Crippen LogP contribution < -0.4 is 0 Å². The van der Waals surface area contributed by atoms with Crippen LogP contribution in [0.4, 0.5) is 0 Å². The van der Waals surface area contributed by atoms with Crippen molar-refractivity contribution in [3.05, 3.63) is 182 Å². The summed E-state index contributed by atoms with van der Waals surface area (Å²) in [6.07, 6.45) is 0. The van der Waals surface area contributed by atoms with Crippen LogP contribution in [0.5, 0.6) is 0 Å². The molecule has 3 aromatic heterocycles. The van der Waals surface area contributed by atoms with Crippen molar-refractivity contribution in [3.8, 4) is 33.6 Å². The standard InChI is InChI=1S/C48H30N2O/c1-2-11-31(12-3-1)32-21-24-35(25-22-32)50-42-18-7-4-15-37(42)39-26-27-44-47(48(39)50)40-17-5-8-19-43(40)49(44)36-14-10-13-33(29-36)34-23-28-46-41(30-34)38-16-6-9-20-45(38)51-46/h1-30H. The van der Waals surface area contributed by atoms with Crippen molar-refractivity contribution < 1.29 is 4.42 Å². The number of fused-ring (bicyclic) bond motifs is 10. The summed E-state index contributed by atoms with van der Waals surface area (Å²) in [4.78, 5) is 0. The third-order valence-electron chi connectivity index (χ3n) is 10.5. The number of benzene rings is 8. The molecule has 8 aromatic carbocycles. The molecule has 11 rings (SSSR count). The highest BCUT2D eigenvalue weighted by molar-refractivity contribution is 6.26. The van der Waals surface area contributed by atoms with Gasteiger partial charge in [-0.1, -0.05) is 121 Å². The normalized spacial score (nSPS) is 11.9. The summed E-state index contributed by atoms with van der Waals surface area (Å²) in [5.74, 6) is 0. The predicted octanol–water partition coefficient (Wildman–Crippen LogP) is 13.1. The first kappa shape index (κ1) is 28.0. The van der Waals surface area contributed by atoms with E-state index >= 15 is 0 Å². The Bertz CT molecular complexity index is 3120. The van der Waals surface area contributed by atoms with E-state index < -0.39 is 0 Å². The fourth-order valence-corrected chi connectivity index (χ4v) is 8.22. The number of hydrogen-bond donors (Lipinski definition) is 0. The second kappa shape index (κ2) is 10.8. The van der Waals surface area contributed by atoms with Crippen molar-refractivity contribution in [2.24, 2.45) is 0 Å². The van der Waals surface area contributed by atoms with Crippen molar-refractivity contribution in [1.29, 1.82) is 0 Å². The molecule has 0 radical (unpaired) electrons. The molecule has 0 bridgehead atoms. The minimum Gasteiger partial charge on any atom is -0.456 e.